The summed E-state index contributed by atoms with van der Waals surface area (Å²) in [5, 5.41) is 9.36. The predicted octanol–water partition coefficient (Wildman–Crippen LogP) is 2.02. The molecule has 1 aromatic carbocycles. The van der Waals surface area contributed by atoms with Crippen LogP contribution in [-0.2, 0) is 22.5 Å². The van der Waals surface area contributed by atoms with Gasteiger partial charge in [0.25, 0.3) is 0 Å². The number of nitrogens with two attached hydrogens (primary N) is 1. The molecule has 0 radical (unpaired) electrons. The number of amides is 1. The highest BCUT2D eigenvalue weighted by molar-refractivity contribution is 5.81. The smallest absolute Gasteiger partial charge is 0.411 e. The zero-order chi connectivity index (χ0) is 15.8. The van der Waals surface area contributed by atoms with Crippen LogP contribution < -0.4 is 5.73 Å². The van der Waals surface area contributed by atoms with Crippen LogP contribution in [0.15, 0.2) is 18.2 Å². The van der Waals surface area contributed by atoms with Gasteiger partial charge in [-0.3, -0.25) is 4.90 Å². The van der Waals surface area contributed by atoms with Crippen molar-refractivity contribution >= 4 is 17.7 Å². The summed E-state index contributed by atoms with van der Waals surface area (Å²) in [6.07, 6.45) is -0.368. The minimum atomic E-state index is -1.04. The first kappa shape index (κ1) is 15.2. The number of carboxylic acid groups (broad SMARTS) is 1. The van der Waals surface area contributed by atoms with Crippen molar-refractivity contribution in [2.45, 2.75) is 45.4 Å². The van der Waals surface area contributed by atoms with Crippen LogP contribution in [0.4, 0.5) is 10.5 Å². The van der Waals surface area contributed by atoms with E-state index in [1.54, 1.807) is 32.9 Å². The fourth-order valence-electron chi connectivity index (χ4n) is 2.34. The Morgan fingerprint density at radius 1 is 1.33 bits per heavy atom. The summed E-state index contributed by atoms with van der Waals surface area (Å²) in [4.78, 5) is 24.9. The van der Waals surface area contributed by atoms with Crippen molar-refractivity contribution in [3.63, 3.8) is 0 Å². The maximum atomic E-state index is 12.2. The second-order valence-electron chi connectivity index (χ2n) is 6.19. The van der Waals surface area contributed by atoms with Gasteiger partial charge in [-0.15, -0.1) is 0 Å². The third kappa shape index (κ3) is 3.45. The summed E-state index contributed by atoms with van der Waals surface area (Å²) in [7, 11) is 0. The van der Waals surface area contributed by atoms with Crippen molar-refractivity contribution < 1.29 is 19.4 Å². The van der Waals surface area contributed by atoms with Crippen LogP contribution in [0.2, 0.25) is 0 Å². The lowest BCUT2D eigenvalue weighted by Crippen LogP contribution is -2.50. The number of carbonyl (C=O) groups excluding carboxylic acids is 1. The molecule has 0 spiro atoms. The molecule has 0 unspecified atom stereocenters. The highest BCUT2D eigenvalue weighted by atomic mass is 16.6. The Labute approximate surface area is 123 Å². The van der Waals surface area contributed by atoms with Crippen LogP contribution in [0.1, 0.15) is 31.9 Å². The number of nitrogens with zero attached hydrogens (tertiary/aromatic N) is 1. The molecule has 6 heteroatoms. The minimum Gasteiger partial charge on any atom is -0.480 e. The zero-order valence-electron chi connectivity index (χ0n) is 12.4. The molecular formula is C15H20N2O4. The molecule has 0 saturated carbocycles. The molecule has 3 N–H and O–H groups in total. The molecule has 114 valence electrons. The van der Waals surface area contributed by atoms with E-state index in [9.17, 15) is 14.7 Å². The monoisotopic (exact) mass is 292 g/mol. The number of ether oxygens (including phenoxy) is 1. The Bertz CT molecular complexity index is 578. The molecule has 2 rings (SSSR count). The average Bonchev–Trinajstić information content (AvgIpc) is 2.34. The third-order valence-corrected chi connectivity index (χ3v) is 3.27. The molecule has 1 atom stereocenters. The van der Waals surface area contributed by atoms with E-state index < -0.39 is 23.7 Å². The Hall–Kier alpha value is -2.24. The van der Waals surface area contributed by atoms with E-state index in [2.05, 4.69) is 0 Å². The van der Waals surface area contributed by atoms with Gasteiger partial charge in [-0.25, -0.2) is 9.59 Å². The van der Waals surface area contributed by atoms with Gasteiger partial charge in [-0.1, -0.05) is 6.07 Å². The summed E-state index contributed by atoms with van der Waals surface area (Å²) < 4.78 is 5.30. The molecule has 0 saturated heterocycles. The first-order chi connectivity index (χ1) is 9.67. The van der Waals surface area contributed by atoms with Crippen molar-refractivity contribution in [1.29, 1.82) is 0 Å². The van der Waals surface area contributed by atoms with E-state index >= 15 is 0 Å². The van der Waals surface area contributed by atoms with Crippen LogP contribution in [0.3, 0.4) is 0 Å². The molecule has 21 heavy (non-hydrogen) atoms. The fourth-order valence-corrected chi connectivity index (χ4v) is 2.34. The van der Waals surface area contributed by atoms with Crippen LogP contribution in [0.5, 0.6) is 0 Å². The van der Waals surface area contributed by atoms with Gasteiger partial charge < -0.3 is 15.6 Å². The zero-order valence-corrected chi connectivity index (χ0v) is 12.4. The number of benzene rings is 1. The maximum Gasteiger partial charge on any atom is 0.411 e. The van der Waals surface area contributed by atoms with E-state index in [1.165, 1.54) is 4.90 Å². The Morgan fingerprint density at radius 2 is 2.00 bits per heavy atom. The molecule has 6 nitrogen and oxygen atoms in total. The number of rotatable bonds is 1. The van der Waals surface area contributed by atoms with E-state index in [0.717, 1.165) is 11.1 Å². The topological polar surface area (TPSA) is 92.9 Å². The van der Waals surface area contributed by atoms with Gasteiger partial charge in [0.15, 0.2) is 0 Å². The molecule has 0 fully saturated rings. The Kier molecular flexibility index (Phi) is 3.80. The van der Waals surface area contributed by atoms with E-state index in [4.69, 9.17) is 10.5 Å². The van der Waals surface area contributed by atoms with Crippen molar-refractivity contribution in [1.82, 2.24) is 4.90 Å². The molecule has 1 aliphatic rings. The first-order valence-corrected chi connectivity index (χ1v) is 6.77. The Balaban J connectivity index is 2.30. The van der Waals surface area contributed by atoms with Crippen LogP contribution >= 0.6 is 0 Å². The standard InChI is InChI=1S/C15H20N2O4/c1-15(2,3)21-14(20)17-8-10-6-11(16)5-4-9(10)7-12(17)13(18)19/h4-6,12H,7-8,16H2,1-3H3,(H,18,19)/t12-/m0/s1. The van der Waals surface area contributed by atoms with Crippen LogP contribution in [0, 0.1) is 0 Å². The average molecular weight is 292 g/mol. The second-order valence-corrected chi connectivity index (χ2v) is 6.19. The molecule has 1 amide bonds. The van der Waals surface area contributed by atoms with Crippen LogP contribution in [0.25, 0.3) is 0 Å². The highest BCUT2D eigenvalue weighted by Crippen LogP contribution is 2.27. The Morgan fingerprint density at radius 3 is 2.57 bits per heavy atom. The largest absolute Gasteiger partial charge is 0.480 e. The number of fused-ring (bicyclic) bond motifs is 1. The van der Waals surface area contributed by atoms with Crippen LogP contribution in [-0.4, -0.2) is 33.7 Å². The molecule has 0 aromatic heterocycles. The number of carboxylic acids is 1. The van der Waals surface area contributed by atoms with E-state index in [-0.39, 0.29) is 13.0 Å². The van der Waals surface area contributed by atoms with Crippen molar-refractivity contribution in [2.24, 2.45) is 0 Å². The summed E-state index contributed by atoms with van der Waals surface area (Å²) in [5.74, 6) is -1.04. The van der Waals surface area contributed by atoms with Crippen molar-refractivity contribution in [3.8, 4) is 0 Å². The number of aliphatic carboxylic acids is 1. The predicted molar refractivity (Wildman–Crippen MR) is 77.8 cm³/mol. The number of carbonyl (C=O) groups is 2. The SMILES string of the molecule is CC(C)(C)OC(=O)N1Cc2cc(N)ccc2C[C@H]1C(=O)O. The fraction of sp³-hybridized carbons (Fsp3) is 0.467. The molecule has 1 aromatic rings. The number of nitrogen functional groups attached to an aromatic ring is 1. The van der Waals surface area contributed by atoms with Gasteiger partial charge in [-0.05, 0) is 44.0 Å². The van der Waals surface area contributed by atoms with Gasteiger partial charge in [0, 0.05) is 12.1 Å². The molecule has 0 aliphatic carbocycles. The van der Waals surface area contributed by atoms with Gasteiger partial charge in [0.2, 0.25) is 0 Å². The van der Waals surface area contributed by atoms with Crippen molar-refractivity contribution in [3.05, 3.63) is 29.3 Å². The number of hydrogen-bond acceptors (Lipinski definition) is 4. The summed E-state index contributed by atoms with van der Waals surface area (Å²) in [6.45, 7) is 5.43. The lowest BCUT2D eigenvalue weighted by atomic mass is 9.94. The molecule has 0 bridgehead atoms. The summed E-state index contributed by atoms with van der Waals surface area (Å²) in [5.41, 5.74) is 7.43. The summed E-state index contributed by atoms with van der Waals surface area (Å²) >= 11 is 0. The quantitative estimate of drug-likeness (QED) is 0.772. The molecular weight excluding hydrogens is 272 g/mol. The van der Waals surface area contributed by atoms with Crippen molar-refractivity contribution in [2.75, 3.05) is 5.73 Å². The summed E-state index contributed by atoms with van der Waals surface area (Å²) in [6, 6.07) is 4.40. The molecule has 1 aliphatic heterocycles. The van der Waals surface area contributed by atoms with Gasteiger partial charge in [-0.2, -0.15) is 0 Å². The lowest BCUT2D eigenvalue weighted by Gasteiger charge is -2.35. The van der Waals surface area contributed by atoms with E-state index in [1.807, 2.05) is 6.07 Å². The third-order valence-electron chi connectivity index (χ3n) is 3.27. The minimum absolute atomic E-state index is 0.187. The molecule has 1 heterocycles. The lowest BCUT2D eigenvalue weighted by molar-refractivity contribution is -0.143. The normalized spacial score (nSPS) is 18.0. The number of hydrogen-bond donors (Lipinski definition) is 2. The van der Waals surface area contributed by atoms with Gasteiger partial charge in [0.05, 0.1) is 6.54 Å². The first-order valence-electron chi connectivity index (χ1n) is 6.77. The second kappa shape index (κ2) is 5.27. The highest BCUT2D eigenvalue weighted by Gasteiger charge is 2.36. The maximum absolute atomic E-state index is 12.2. The van der Waals surface area contributed by atoms with E-state index in [0.29, 0.717) is 5.69 Å². The van der Waals surface area contributed by atoms with Gasteiger partial charge in [0.1, 0.15) is 11.6 Å². The van der Waals surface area contributed by atoms with Gasteiger partial charge >= 0.3 is 12.1 Å². The number of anilines is 1.